The summed E-state index contributed by atoms with van der Waals surface area (Å²) in [6.07, 6.45) is 3.54. The summed E-state index contributed by atoms with van der Waals surface area (Å²) in [5, 5.41) is 12.8. The quantitative estimate of drug-likeness (QED) is 0.560. The van der Waals surface area contributed by atoms with E-state index in [9.17, 15) is 0 Å². The van der Waals surface area contributed by atoms with E-state index in [1.165, 1.54) is 4.68 Å². The highest BCUT2D eigenvalue weighted by molar-refractivity contribution is 5.27. The maximum Gasteiger partial charge on any atom is 0.270 e. The van der Waals surface area contributed by atoms with Crippen molar-refractivity contribution in [2.24, 2.45) is 0 Å². The van der Waals surface area contributed by atoms with E-state index in [2.05, 4.69) is 5.10 Å². The van der Waals surface area contributed by atoms with Gasteiger partial charge in [-0.1, -0.05) is 10.7 Å². The lowest BCUT2D eigenvalue weighted by atomic mass is 10.5. The summed E-state index contributed by atoms with van der Waals surface area (Å²) in [5.41, 5.74) is 0.884. The van der Waals surface area contributed by atoms with Gasteiger partial charge in [-0.3, -0.25) is 0 Å². The largest absolute Gasteiger partial charge is 0.361 e. The summed E-state index contributed by atoms with van der Waals surface area (Å²) in [4.78, 5) is 0. The first-order valence-electron chi connectivity index (χ1n) is 3.34. The van der Waals surface area contributed by atoms with Crippen molar-refractivity contribution in [3.63, 3.8) is 0 Å². The highest BCUT2D eigenvalue weighted by atomic mass is 16.3. The van der Waals surface area contributed by atoms with E-state index in [-0.39, 0.29) is 6.73 Å². The molecule has 0 aliphatic carbocycles. The Kier molecular flexibility index (Phi) is 1.33. The predicted octanol–water partition coefficient (Wildman–Crippen LogP) is -0.428. The molecule has 11 heavy (non-hydrogen) atoms. The summed E-state index contributed by atoms with van der Waals surface area (Å²) >= 11 is 0. The van der Waals surface area contributed by atoms with E-state index < -0.39 is 0 Å². The second kappa shape index (κ2) is 2.32. The Hall–Kier alpha value is -1.42. The van der Waals surface area contributed by atoms with Crippen LogP contribution in [0.25, 0.3) is 5.65 Å². The number of fused-ring (bicyclic) bond motifs is 1. The highest BCUT2D eigenvalue weighted by Crippen LogP contribution is 1.92. The smallest absolute Gasteiger partial charge is 0.270 e. The van der Waals surface area contributed by atoms with Crippen molar-refractivity contribution in [1.29, 1.82) is 0 Å². The van der Waals surface area contributed by atoms with E-state index in [1.807, 2.05) is 28.8 Å². The first-order valence-corrected chi connectivity index (χ1v) is 3.34. The molecule has 2 heterocycles. The maximum atomic E-state index is 8.81. The number of nitrogens with zero attached hydrogens (tertiary/aromatic N) is 3. The van der Waals surface area contributed by atoms with Crippen molar-refractivity contribution in [2.75, 3.05) is 0 Å². The number of aliphatic hydroxyl groups excluding tert-OH is 1. The molecule has 0 saturated carbocycles. The topological polar surface area (TPSA) is 42.1 Å². The molecule has 0 aliphatic heterocycles. The third-order valence-corrected chi connectivity index (χ3v) is 1.58. The Morgan fingerprint density at radius 1 is 1.55 bits per heavy atom. The fourth-order valence-corrected chi connectivity index (χ4v) is 1.05. The number of aliphatic hydroxyl groups is 1. The number of aromatic nitrogens is 3. The van der Waals surface area contributed by atoms with Gasteiger partial charge in [-0.05, 0) is 6.07 Å². The Morgan fingerprint density at radius 2 is 2.45 bits per heavy atom. The second-order valence-electron chi connectivity index (χ2n) is 2.24. The molecule has 4 nitrogen and oxygen atoms in total. The Bertz CT molecular complexity index is 368. The molecule has 1 N–H and O–H groups in total. The molecule has 2 rings (SSSR count). The minimum Gasteiger partial charge on any atom is -0.361 e. The zero-order valence-electron chi connectivity index (χ0n) is 5.88. The van der Waals surface area contributed by atoms with Gasteiger partial charge >= 0.3 is 0 Å². The van der Waals surface area contributed by atoms with Gasteiger partial charge in [0.1, 0.15) is 0 Å². The SMILES string of the molecule is OCn1nc[n+]2ccccc12. The van der Waals surface area contributed by atoms with Crippen molar-refractivity contribution in [3.05, 3.63) is 30.7 Å². The van der Waals surface area contributed by atoms with Crippen LogP contribution in [0.5, 0.6) is 0 Å². The van der Waals surface area contributed by atoms with Crippen LogP contribution in [0.1, 0.15) is 0 Å². The van der Waals surface area contributed by atoms with Gasteiger partial charge in [-0.2, -0.15) is 0 Å². The van der Waals surface area contributed by atoms with E-state index in [1.54, 1.807) is 6.33 Å². The third kappa shape index (κ3) is 0.877. The van der Waals surface area contributed by atoms with Crippen molar-refractivity contribution < 1.29 is 9.51 Å². The van der Waals surface area contributed by atoms with Crippen LogP contribution in [0.4, 0.5) is 0 Å². The minimum absolute atomic E-state index is 0.0828. The molecule has 0 spiro atoms. The zero-order chi connectivity index (χ0) is 7.68. The molecule has 0 bridgehead atoms. The molecule has 0 radical (unpaired) electrons. The third-order valence-electron chi connectivity index (χ3n) is 1.58. The lowest BCUT2D eigenvalue weighted by molar-refractivity contribution is -0.512. The van der Waals surface area contributed by atoms with Gasteiger partial charge in [0.2, 0.25) is 6.73 Å². The van der Waals surface area contributed by atoms with Gasteiger partial charge in [0.15, 0.2) is 0 Å². The molecule has 4 heteroatoms. The Labute approximate surface area is 63.3 Å². The second-order valence-corrected chi connectivity index (χ2v) is 2.24. The van der Waals surface area contributed by atoms with Gasteiger partial charge in [0.05, 0.1) is 6.20 Å². The summed E-state index contributed by atoms with van der Waals surface area (Å²) in [7, 11) is 0. The highest BCUT2D eigenvalue weighted by Gasteiger charge is 2.06. The number of pyridine rings is 1. The van der Waals surface area contributed by atoms with Crippen LogP contribution in [0, 0.1) is 0 Å². The first kappa shape index (κ1) is 6.30. The van der Waals surface area contributed by atoms with Crippen LogP contribution in [-0.2, 0) is 6.73 Å². The van der Waals surface area contributed by atoms with E-state index in [0.29, 0.717) is 0 Å². The molecule has 0 unspecified atom stereocenters. The molecule has 2 aromatic rings. The molecule has 0 fully saturated rings. The van der Waals surface area contributed by atoms with E-state index in [4.69, 9.17) is 5.11 Å². The lowest BCUT2D eigenvalue weighted by Gasteiger charge is -1.86. The summed E-state index contributed by atoms with van der Waals surface area (Å²) in [6.45, 7) is -0.0828. The van der Waals surface area contributed by atoms with Gasteiger partial charge in [0, 0.05) is 11.2 Å². The fraction of sp³-hybridized carbons (Fsp3) is 0.143. The average molecular weight is 150 g/mol. The van der Waals surface area contributed by atoms with Gasteiger partial charge < -0.3 is 5.11 Å². The van der Waals surface area contributed by atoms with Crippen LogP contribution < -0.4 is 4.40 Å². The van der Waals surface area contributed by atoms with Gasteiger partial charge in [-0.25, -0.2) is 4.40 Å². The molecule has 2 aromatic heterocycles. The van der Waals surface area contributed by atoms with E-state index in [0.717, 1.165) is 5.65 Å². The monoisotopic (exact) mass is 150 g/mol. The number of rotatable bonds is 1. The van der Waals surface area contributed by atoms with Crippen LogP contribution in [-0.4, -0.2) is 14.9 Å². The zero-order valence-corrected chi connectivity index (χ0v) is 5.88. The lowest BCUT2D eigenvalue weighted by Crippen LogP contribution is -2.17. The molecular weight excluding hydrogens is 142 g/mol. The molecule has 0 amide bonds. The molecule has 0 atom stereocenters. The Balaban J connectivity index is 2.76. The van der Waals surface area contributed by atoms with Crippen LogP contribution >= 0.6 is 0 Å². The predicted molar refractivity (Wildman–Crippen MR) is 37.6 cm³/mol. The molecule has 0 aromatic carbocycles. The van der Waals surface area contributed by atoms with Crippen LogP contribution in [0.15, 0.2) is 30.7 Å². The summed E-state index contributed by atoms with van der Waals surface area (Å²) in [5.74, 6) is 0. The summed E-state index contributed by atoms with van der Waals surface area (Å²) in [6, 6.07) is 5.71. The molecule has 56 valence electrons. The fourth-order valence-electron chi connectivity index (χ4n) is 1.05. The Morgan fingerprint density at radius 3 is 3.27 bits per heavy atom. The van der Waals surface area contributed by atoms with Crippen molar-refractivity contribution in [2.45, 2.75) is 6.73 Å². The minimum atomic E-state index is -0.0828. The summed E-state index contributed by atoms with van der Waals surface area (Å²) < 4.78 is 3.36. The molecular formula is C7H8N3O+. The van der Waals surface area contributed by atoms with Gasteiger partial charge in [-0.15, -0.1) is 0 Å². The first-order chi connectivity index (χ1) is 5.42. The van der Waals surface area contributed by atoms with Crippen molar-refractivity contribution >= 4 is 5.65 Å². The average Bonchev–Trinajstić information content (AvgIpc) is 2.47. The van der Waals surface area contributed by atoms with E-state index >= 15 is 0 Å². The number of hydrogen-bond donors (Lipinski definition) is 1. The van der Waals surface area contributed by atoms with Crippen LogP contribution in [0.2, 0.25) is 0 Å². The van der Waals surface area contributed by atoms with Gasteiger partial charge in [0.25, 0.3) is 12.0 Å². The van der Waals surface area contributed by atoms with Crippen molar-refractivity contribution in [1.82, 2.24) is 9.78 Å². The maximum absolute atomic E-state index is 8.81. The van der Waals surface area contributed by atoms with Crippen molar-refractivity contribution in [3.8, 4) is 0 Å². The molecule has 0 saturated heterocycles. The standard InChI is InChI=1S/C7H8N3O/c11-6-10-7-3-1-2-4-9(7)5-8-10/h1-5,11H,6H2/q+1. The van der Waals surface area contributed by atoms with Crippen LogP contribution in [0.3, 0.4) is 0 Å². The normalized spacial score (nSPS) is 10.6. The number of hydrogen-bond acceptors (Lipinski definition) is 2. The molecule has 0 aliphatic rings.